The Morgan fingerprint density at radius 3 is 2.09 bits per heavy atom. The van der Waals surface area contributed by atoms with Gasteiger partial charge in [-0.3, -0.25) is 4.79 Å². The molecule has 2 nitrogen and oxygen atoms in total. The lowest BCUT2D eigenvalue weighted by Crippen LogP contribution is -2.10. The Morgan fingerprint density at radius 1 is 0.739 bits per heavy atom. The van der Waals surface area contributed by atoms with E-state index in [9.17, 15) is 4.79 Å². The molecule has 0 fully saturated rings. The molecule has 0 aliphatic carbocycles. The largest absolute Gasteiger partial charge is 0.455 e. The third-order valence-electron chi connectivity index (χ3n) is 4.87. The van der Waals surface area contributed by atoms with Crippen LogP contribution < -0.4 is 5.43 Å². The van der Waals surface area contributed by atoms with Crippen LogP contribution in [-0.4, -0.2) is 0 Å². The Bertz CT molecular complexity index is 991. The molecule has 0 atom stereocenters. The highest BCUT2D eigenvalue weighted by molar-refractivity contribution is 5.86. The van der Waals surface area contributed by atoms with Crippen LogP contribution in [0.3, 0.4) is 0 Å². The zero-order valence-electron chi connectivity index (χ0n) is 14.6. The molecule has 2 heteroatoms. The van der Waals surface area contributed by atoms with Gasteiger partial charge < -0.3 is 4.42 Å². The zero-order valence-corrected chi connectivity index (χ0v) is 14.6. The highest BCUT2D eigenvalue weighted by Crippen LogP contribution is 2.30. The van der Waals surface area contributed by atoms with Crippen molar-refractivity contribution in [1.29, 1.82) is 0 Å². The Morgan fingerprint density at radius 2 is 1.43 bits per heavy atom. The standard InChI is InChI=1S/C21H22O2/c1-11-7-8-17(10-12(11)2)20-16(6)19(22)18-14(4)9-13(3)15(5)21(18)23-20/h7-10H,1-6H3. The molecular weight excluding hydrogens is 284 g/mol. The third-order valence-corrected chi connectivity index (χ3v) is 4.87. The van der Waals surface area contributed by atoms with Gasteiger partial charge in [0.1, 0.15) is 11.3 Å². The van der Waals surface area contributed by atoms with Crippen LogP contribution in [0.5, 0.6) is 0 Å². The smallest absolute Gasteiger partial charge is 0.196 e. The topological polar surface area (TPSA) is 30.2 Å². The second-order valence-electron chi connectivity index (χ2n) is 6.52. The molecule has 0 N–H and O–H groups in total. The van der Waals surface area contributed by atoms with Crippen molar-refractivity contribution in [2.24, 2.45) is 0 Å². The summed E-state index contributed by atoms with van der Waals surface area (Å²) in [7, 11) is 0. The number of hydrogen-bond acceptors (Lipinski definition) is 2. The first-order valence-electron chi connectivity index (χ1n) is 7.93. The van der Waals surface area contributed by atoms with Crippen molar-refractivity contribution in [3.05, 3.63) is 67.9 Å². The van der Waals surface area contributed by atoms with Gasteiger partial charge in [0.2, 0.25) is 0 Å². The normalized spacial score (nSPS) is 11.2. The first-order chi connectivity index (χ1) is 10.8. The molecule has 2 aromatic carbocycles. The van der Waals surface area contributed by atoms with Crippen molar-refractivity contribution in [3.63, 3.8) is 0 Å². The fourth-order valence-electron chi connectivity index (χ4n) is 3.09. The molecule has 0 aliphatic rings. The Hall–Kier alpha value is -2.35. The maximum Gasteiger partial charge on any atom is 0.196 e. The van der Waals surface area contributed by atoms with Gasteiger partial charge in [-0.05, 0) is 75.4 Å². The van der Waals surface area contributed by atoms with Gasteiger partial charge in [-0.15, -0.1) is 0 Å². The summed E-state index contributed by atoms with van der Waals surface area (Å²) in [5.74, 6) is 0.679. The van der Waals surface area contributed by atoms with E-state index in [4.69, 9.17) is 4.42 Å². The van der Waals surface area contributed by atoms with Crippen LogP contribution in [-0.2, 0) is 0 Å². The quantitative estimate of drug-likeness (QED) is 0.610. The predicted octanol–water partition coefficient (Wildman–Crippen LogP) is 5.31. The summed E-state index contributed by atoms with van der Waals surface area (Å²) in [4.78, 5) is 12.9. The Balaban J connectivity index is 2.43. The molecule has 118 valence electrons. The highest BCUT2D eigenvalue weighted by atomic mass is 16.3. The monoisotopic (exact) mass is 306 g/mol. The molecule has 0 radical (unpaired) electrons. The van der Waals surface area contributed by atoms with Crippen LogP contribution in [0.2, 0.25) is 0 Å². The summed E-state index contributed by atoms with van der Waals surface area (Å²) < 4.78 is 6.25. The molecular formula is C21H22O2. The molecule has 0 bridgehead atoms. The lowest BCUT2D eigenvalue weighted by molar-refractivity contribution is 0.610. The second kappa shape index (κ2) is 5.38. The lowest BCUT2D eigenvalue weighted by Gasteiger charge is -2.13. The average molecular weight is 306 g/mol. The average Bonchev–Trinajstić information content (AvgIpc) is 2.50. The summed E-state index contributed by atoms with van der Waals surface area (Å²) in [6, 6.07) is 8.24. The van der Waals surface area contributed by atoms with Crippen LogP contribution in [0.4, 0.5) is 0 Å². The lowest BCUT2D eigenvalue weighted by atomic mass is 9.97. The van der Waals surface area contributed by atoms with Gasteiger partial charge in [0.05, 0.1) is 5.39 Å². The minimum Gasteiger partial charge on any atom is -0.455 e. The molecule has 0 amide bonds. The fourth-order valence-corrected chi connectivity index (χ4v) is 3.09. The van der Waals surface area contributed by atoms with Crippen molar-refractivity contribution in [3.8, 4) is 11.3 Å². The van der Waals surface area contributed by atoms with Crippen molar-refractivity contribution in [2.75, 3.05) is 0 Å². The van der Waals surface area contributed by atoms with Gasteiger partial charge in [-0.1, -0.05) is 18.2 Å². The van der Waals surface area contributed by atoms with Gasteiger partial charge in [-0.25, -0.2) is 0 Å². The van der Waals surface area contributed by atoms with E-state index in [0.717, 1.165) is 22.3 Å². The van der Waals surface area contributed by atoms with Crippen LogP contribution in [0, 0.1) is 41.5 Å². The molecule has 23 heavy (non-hydrogen) atoms. The van der Waals surface area contributed by atoms with Crippen LogP contribution >= 0.6 is 0 Å². The van der Waals surface area contributed by atoms with Crippen LogP contribution in [0.15, 0.2) is 33.5 Å². The molecule has 3 rings (SSSR count). The number of aryl methyl sites for hydroxylation is 5. The Kier molecular flexibility index (Phi) is 3.63. The summed E-state index contributed by atoms with van der Waals surface area (Å²) in [5.41, 5.74) is 8.01. The third kappa shape index (κ3) is 2.39. The molecule has 0 aliphatic heterocycles. The van der Waals surface area contributed by atoms with E-state index in [1.807, 2.05) is 26.8 Å². The van der Waals surface area contributed by atoms with E-state index in [1.54, 1.807) is 0 Å². The summed E-state index contributed by atoms with van der Waals surface area (Å²) in [6.45, 7) is 12.1. The number of benzene rings is 2. The van der Waals surface area contributed by atoms with E-state index < -0.39 is 0 Å². The molecule has 0 spiro atoms. The van der Waals surface area contributed by atoms with E-state index >= 15 is 0 Å². The molecule has 0 saturated carbocycles. The maximum absolute atomic E-state index is 12.9. The number of rotatable bonds is 1. The van der Waals surface area contributed by atoms with E-state index in [2.05, 4.69) is 39.0 Å². The van der Waals surface area contributed by atoms with Crippen LogP contribution in [0.25, 0.3) is 22.3 Å². The second-order valence-corrected chi connectivity index (χ2v) is 6.52. The van der Waals surface area contributed by atoms with Gasteiger partial charge >= 0.3 is 0 Å². The molecule has 0 unspecified atom stereocenters. The zero-order chi connectivity index (χ0) is 16.9. The van der Waals surface area contributed by atoms with Gasteiger partial charge in [0.25, 0.3) is 0 Å². The first kappa shape index (κ1) is 15.5. The number of fused-ring (bicyclic) bond motifs is 1. The van der Waals surface area contributed by atoms with Gasteiger partial charge in [0.15, 0.2) is 5.43 Å². The summed E-state index contributed by atoms with van der Waals surface area (Å²) in [5, 5.41) is 0.707. The van der Waals surface area contributed by atoms with E-state index in [1.165, 1.54) is 11.1 Å². The summed E-state index contributed by atoms with van der Waals surface area (Å²) >= 11 is 0. The van der Waals surface area contributed by atoms with Gasteiger partial charge in [-0.2, -0.15) is 0 Å². The Labute approximate surface area is 136 Å². The van der Waals surface area contributed by atoms with Crippen molar-refractivity contribution < 1.29 is 4.42 Å². The highest BCUT2D eigenvalue weighted by Gasteiger charge is 2.17. The van der Waals surface area contributed by atoms with Gasteiger partial charge in [0, 0.05) is 11.1 Å². The van der Waals surface area contributed by atoms with Crippen molar-refractivity contribution in [2.45, 2.75) is 41.5 Å². The molecule has 1 heterocycles. The summed E-state index contributed by atoms with van der Waals surface area (Å²) in [6.07, 6.45) is 0. The predicted molar refractivity (Wildman–Crippen MR) is 96.3 cm³/mol. The SMILES string of the molecule is Cc1ccc(-c2oc3c(C)c(C)cc(C)c3c(=O)c2C)cc1C. The van der Waals surface area contributed by atoms with Crippen molar-refractivity contribution in [1.82, 2.24) is 0 Å². The molecule has 3 aromatic rings. The minimum absolute atomic E-state index is 0.0695. The molecule has 0 saturated heterocycles. The van der Waals surface area contributed by atoms with E-state index in [-0.39, 0.29) is 5.43 Å². The first-order valence-corrected chi connectivity index (χ1v) is 7.93. The molecule has 1 aromatic heterocycles. The van der Waals surface area contributed by atoms with E-state index in [0.29, 0.717) is 22.3 Å². The fraction of sp³-hybridized carbons (Fsp3) is 0.286. The van der Waals surface area contributed by atoms with Crippen molar-refractivity contribution >= 4 is 11.0 Å². The van der Waals surface area contributed by atoms with Crippen LogP contribution in [0.1, 0.15) is 33.4 Å². The maximum atomic E-state index is 12.9. The minimum atomic E-state index is 0.0695. The number of hydrogen-bond donors (Lipinski definition) is 0.